The predicted octanol–water partition coefficient (Wildman–Crippen LogP) is 1.87. The van der Waals surface area contributed by atoms with Crippen LogP contribution in [0.2, 0.25) is 0 Å². The molecule has 2 rings (SSSR count). The van der Waals surface area contributed by atoms with Gasteiger partial charge in [-0.2, -0.15) is 17.4 Å². The van der Waals surface area contributed by atoms with E-state index < -0.39 is 10.2 Å². The molecule has 2 atom stereocenters. The maximum Gasteiger partial charge on any atom is 0.279 e. The van der Waals surface area contributed by atoms with E-state index in [1.54, 1.807) is 4.31 Å². The molecule has 0 aromatic heterocycles. The smallest absolute Gasteiger partial charge is 0.199 e. The number of nitrogens with one attached hydrogen (secondary N) is 1. The molecule has 0 amide bonds. The minimum absolute atomic E-state index is 0.126. The molecule has 0 aromatic rings. The lowest BCUT2D eigenvalue weighted by Gasteiger charge is -2.28. The number of halogens is 1. The maximum absolute atomic E-state index is 12.2. The molecule has 4 nitrogen and oxygen atoms in total. The van der Waals surface area contributed by atoms with Crippen molar-refractivity contribution in [2.75, 3.05) is 18.4 Å². The zero-order chi connectivity index (χ0) is 12.3. The van der Waals surface area contributed by atoms with Crippen molar-refractivity contribution in [2.24, 2.45) is 5.92 Å². The first-order valence-corrected chi connectivity index (χ1v) is 9.03. The van der Waals surface area contributed by atoms with E-state index in [9.17, 15) is 8.42 Å². The Balaban J connectivity index is 1.96. The van der Waals surface area contributed by atoms with Crippen molar-refractivity contribution in [3.8, 4) is 0 Å². The van der Waals surface area contributed by atoms with Gasteiger partial charge in [0.05, 0.1) is 0 Å². The van der Waals surface area contributed by atoms with Gasteiger partial charge in [0.2, 0.25) is 0 Å². The van der Waals surface area contributed by atoms with Gasteiger partial charge >= 0.3 is 0 Å². The molecule has 1 saturated carbocycles. The van der Waals surface area contributed by atoms with Crippen molar-refractivity contribution >= 4 is 26.1 Å². The average molecular weight is 325 g/mol. The summed E-state index contributed by atoms with van der Waals surface area (Å²) in [6, 6.07) is 0.126. The van der Waals surface area contributed by atoms with Crippen molar-refractivity contribution < 1.29 is 8.42 Å². The van der Waals surface area contributed by atoms with Crippen molar-refractivity contribution in [2.45, 2.75) is 44.6 Å². The van der Waals surface area contributed by atoms with Crippen LogP contribution in [0.5, 0.6) is 0 Å². The summed E-state index contributed by atoms with van der Waals surface area (Å²) in [6.07, 6.45) is 6.37. The molecule has 6 heteroatoms. The van der Waals surface area contributed by atoms with E-state index in [-0.39, 0.29) is 6.04 Å². The van der Waals surface area contributed by atoms with Gasteiger partial charge in [0, 0.05) is 24.5 Å². The highest BCUT2D eigenvalue weighted by atomic mass is 79.9. The quantitative estimate of drug-likeness (QED) is 0.802. The molecular weight excluding hydrogens is 304 g/mol. The highest BCUT2D eigenvalue weighted by molar-refractivity contribution is 9.09. The summed E-state index contributed by atoms with van der Waals surface area (Å²) < 4.78 is 28.9. The van der Waals surface area contributed by atoms with Crippen LogP contribution in [0.3, 0.4) is 0 Å². The van der Waals surface area contributed by atoms with Crippen LogP contribution in [0.1, 0.15) is 38.5 Å². The van der Waals surface area contributed by atoms with Gasteiger partial charge in [0.1, 0.15) is 0 Å². The minimum Gasteiger partial charge on any atom is -0.199 e. The second-order valence-corrected chi connectivity index (χ2v) is 7.38. The van der Waals surface area contributed by atoms with E-state index in [2.05, 4.69) is 20.7 Å². The molecule has 1 heterocycles. The first-order chi connectivity index (χ1) is 8.13. The fourth-order valence-electron chi connectivity index (χ4n) is 2.75. The summed E-state index contributed by atoms with van der Waals surface area (Å²) in [7, 11) is -3.25. The van der Waals surface area contributed by atoms with Gasteiger partial charge in [-0.05, 0) is 31.6 Å². The van der Waals surface area contributed by atoms with Gasteiger partial charge in [-0.25, -0.2) is 0 Å². The van der Waals surface area contributed by atoms with Crippen LogP contribution in [0.25, 0.3) is 0 Å². The van der Waals surface area contributed by atoms with Gasteiger partial charge in [-0.1, -0.05) is 28.8 Å². The van der Waals surface area contributed by atoms with E-state index >= 15 is 0 Å². The molecular formula is C11H21BrN2O2S. The van der Waals surface area contributed by atoms with Crippen LogP contribution in [0.15, 0.2) is 0 Å². The zero-order valence-electron chi connectivity index (χ0n) is 10.1. The Morgan fingerprint density at radius 3 is 2.47 bits per heavy atom. The molecule has 100 valence electrons. The summed E-state index contributed by atoms with van der Waals surface area (Å²) >= 11 is 3.47. The number of nitrogens with zero attached hydrogens (tertiary/aromatic N) is 1. The van der Waals surface area contributed by atoms with Crippen LogP contribution in [-0.4, -0.2) is 37.2 Å². The lowest BCUT2D eigenvalue weighted by molar-refractivity contribution is 0.335. The van der Waals surface area contributed by atoms with E-state index in [1.807, 2.05) is 0 Å². The van der Waals surface area contributed by atoms with Gasteiger partial charge in [0.25, 0.3) is 10.2 Å². The maximum atomic E-state index is 12.2. The fraction of sp³-hybridized carbons (Fsp3) is 1.00. The Labute approximate surface area is 112 Å². The molecule has 1 aliphatic carbocycles. The van der Waals surface area contributed by atoms with Crippen molar-refractivity contribution in [3.05, 3.63) is 0 Å². The van der Waals surface area contributed by atoms with Gasteiger partial charge < -0.3 is 0 Å². The van der Waals surface area contributed by atoms with Crippen LogP contribution in [-0.2, 0) is 10.2 Å². The topological polar surface area (TPSA) is 49.4 Å². The monoisotopic (exact) mass is 324 g/mol. The third-order valence-corrected chi connectivity index (χ3v) is 6.29. The Kier molecular flexibility index (Phi) is 4.86. The average Bonchev–Trinajstić information content (AvgIpc) is 2.77. The van der Waals surface area contributed by atoms with Crippen LogP contribution < -0.4 is 4.72 Å². The second kappa shape index (κ2) is 5.99. The lowest BCUT2D eigenvalue weighted by atomic mass is 10.1. The highest BCUT2D eigenvalue weighted by Crippen LogP contribution is 2.28. The molecule has 1 saturated heterocycles. The van der Waals surface area contributed by atoms with Gasteiger partial charge in [-0.3, -0.25) is 0 Å². The van der Waals surface area contributed by atoms with Gasteiger partial charge in [-0.15, -0.1) is 0 Å². The Hall–Kier alpha value is 0.350. The molecule has 1 aliphatic heterocycles. The molecule has 0 spiro atoms. The van der Waals surface area contributed by atoms with Crippen molar-refractivity contribution in [3.63, 3.8) is 0 Å². The Bertz CT molecular complexity index is 341. The summed E-state index contributed by atoms with van der Waals surface area (Å²) in [5.74, 6) is 0.453. The molecule has 2 unspecified atom stereocenters. The Morgan fingerprint density at radius 1 is 1.12 bits per heavy atom. The third-order valence-electron chi connectivity index (χ3n) is 3.81. The van der Waals surface area contributed by atoms with E-state index in [0.29, 0.717) is 19.0 Å². The van der Waals surface area contributed by atoms with Crippen molar-refractivity contribution in [1.82, 2.24) is 9.03 Å². The van der Waals surface area contributed by atoms with Crippen LogP contribution in [0, 0.1) is 5.92 Å². The highest BCUT2D eigenvalue weighted by Gasteiger charge is 2.32. The normalized spacial score (nSPS) is 31.8. The second-order valence-electron chi connectivity index (χ2n) is 5.03. The van der Waals surface area contributed by atoms with E-state index in [4.69, 9.17) is 0 Å². The first-order valence-electron chi connectivity index (χ1n) is 6.47. The summed E-state index contributed by atoms with van der Waals surface area (Å²) in [5.41, 5.74) is 0. The molecule has 1 N–H and O–H groups in total. The van der Waals surface area contributed by atoms with Crippen molar-refractivity contribution in [1.29, 1.82) is 0 Å². The van der Waals surface area contributed by atoms with Gasteiger partial charge in [0.15, 0.2) is 0 Å². The molecule has 17 heavy (non-hydrogen) atoms. The number of hydrogen-bond acceptors (Lipinski definition) is 2. The molecule has 2 aliphatic rings. The van der Waals surface area contributed by atoms with E-state index in [0.717, 1.165) is 43.9 Å². The first kappa shape index (κ1) is 13.8. The number of rotatable bonds is 4. The summed E-state index contributed by atoms with van der Waals surface area (Å²) in [5, 5.41) is 0.889. The molecule has 0 bridgehead atoms. The summed E-state index contributed by atoms with van der Waals surface area (Å²) in [4.78, 5) is 0. The Morgan fingerprint density at radius 2 is 1.82 bits per heavy atom. The molecule has 2 fully saturated rings. The fourth-order valence-corrected chi connectivity index (χ4v) is 5.10. The third kappa shape index (κ3) is 3.43. The number of piperidine rings is 1. The molecule has 0 radical (unpaired) electrons. The lowest BCUT2D eigenvalue weighted by Crippen LogP contribution is -2.48. The SMILES string of the molecule is O=S(=O)(NC1CCCC1CBr)N1CCCCC1. The zero-order valence-corrected chi connectivity index (χ0v) is 12.5. The standard InChI is InChI=1S/C11H21BrN2O2S/c12-9-10-5-4-6-11(10)13-17(15,16)14-7-2-1-3-8-14/h10-11,13H,1-9H2. The summed E-state index contributed by atoms with van der Waals surface area (Å²) in [6.45, 7) is 1.36. The van der Waals surface area contributed by atoms with E-state index in [1.165, 1.54) is 0 Å². The molecule has 0 aromatic carbocycles. The number of alkyl halides is 1. The van der Waals surface area contributed by atoms with Crippen LogP contribution in [0.4, 0.5) is 0 Å². The van der Waals surface area contributed by atoms with Crippen LogP contribution >= 0.6 is 15.9 Å². The predicted molar refractivity (Wildman–Crippen MR) is 72.4 cm³/mol. The number of hydrogen-bond donors (Lipinski definition) is 1. The minimum atomic E-state index is -3.25. The largest absolute Gasteiger partial charge is 0.279 e.